The van der Waals surface area contributed by atoms with E-state index in [4.69, 9.17) is 6.57 Å². The molecule has 0 bridgehead atoms. The van der Waals surface area contributed by atoms with Crippen molar-refractivity contribution >= 4 is 11.8 Å². The SMILES string of the molecule is [C-]#[N+]/C(=C\c1ccc(-c2cc(F)cc(F)c2)cc1)c1ccc(-c2cc(C(F)(F)F)cc(C(F)(F)F)c2)cc1. The summed E-state index contributed by atoms with van der Waals surface area (Å²) in [6.07, 6.45) is -8.40. The van der Waals surface area contributed by atoms with Gasteiger partial charge in [0.15, 0.2) is 5.70 Å². The first-order valence-corrected chi connectivity index (χ1v) is 10.9. The molecule has 38 heavy (non-hydrogen) atoms. The maximum absolute atomic E-state index is 13.5. The van der Waals surface area contributed by atoms with E-state index in [2.05, 4.69) is 4.85 Å². The van der Waals surface area contributed by atoms with Gasteiger partial charge in [0.05, 0.1) is 17.7 Å². The summed E-state index contributed by atoms with van der Waals surface area (Å²) in [7, 11) is 0. The van der Waals surface area contributed by atoms with E-state index in [1.807, 2.05) is 0 Å². The lowest BCUT2D eigenvalue weighted by molar-refractivity contribution is -0.143. The Morgan fingerprint density at radius 1 is 0.579 bits per heavy atom. The van der Waals surface area contributed by atoms with Crippen molar-refractivity contribution < 1.29 is 35.1 Å². The minimum atomic E-state index is -4.96. The Hall–Kier alpha value is -4.45. The van der Waals surface area contributed by atoms with Gasteiger partial charge in [-0.15, -0.1) is 0 Å². The van der Waals surface area contributed by atoms with Crippen LogP contribution in [0.2, 0.25) is 0 Å². The first kappa shape index (κ1) is 26.6. The number of benzene rings is 4. The van der Waals surface area contributed by atoms with Gasteiger partial charge in [0.2, 0.25) is 0 Å². The molecular formula is C29H15F8N. The van der Waals surface area contributed by atoms with E-state index < -0.39 is 35.1 Å². The van der Waals surface area contributed by atoms with Crippen LogP contribution in [0.4, 0.5) is 35.1 Å². The third-order valence-electron chi connectivity index (χ3n) is 5.63. The van der Waals surface area contributed by atoms with Crippen LogP contribution in [0.15, 0.2) is 84.9 Å². The average Bonchev–Trinajstić information content (AvgIpc) is 2.86. The summed E-state index contributed by atoms with van der Waals surface area (Å²) in [6, 6.07) is 16.5. The van der Waals surface area contributed by atoms with E-state index >= 15 is 0 Å². The van der Waals surface area contributed by atoms with Crippen LogP contribution in [-0.4, -0.2) is 0 Å². The number of hydrogen-bond donors (Lipinski definition) is 0. The Kier molecular flexibility index (Phi) is 7.09. The highest BCUT2D eigenvalue weighted by atomic mass is 19.4. The quantitative estimate of drug-likeness (QED) is 0.141. The second-order valence-corrected chi connectivity index (χ2v) is 8.29. The molecule has 4 rings (SSSR count). The maximum Gasteiger partial charge on any atom is 0.416 e. The average molecular weight is 529 g/mol. The normalized spacial score (nSPS) is 12.3. The van der Waals surface area contributed by atoms with Crippen molar-refractivity contribution in [3.63, 3.8) is 0 Å². The molecule has 0 spiro atoms. The molecule has 0 radical (unpaired) electrons. The maximum atomic E-state index is 13.5. The molecular weight excluding hydrogens is 514 g/mol. The summed E-state index contributed by atoms with van der Waals surface area (Å²) >= 11 is 0. The Balaban J connectivity index is 1.63. The van der Waals surface area contributed by atoms with Crippen LogP contribution in [-0.2, 0) is 12.4 Å². The largest absolute Gasteiger partial charge is 0.416 e. The van der Waals surface area contributed by atoms with Crippen LogP contribution in [0, 0.1) is 18.2 Å². The van der Waals surface area contributed by atoms with Gasteiger partial charge < -0.3 is 0 Å². The fraction of sp³-hybridized carbons (Fsp3) is 0.0690. The third-order valence-corrected chi connectivity index (χ3v) is 5.63. The van der Waals surface area contributed by atoms with Crippen LogP contribution in [0.1, 0.15) is 22.3 Å². The lowest BCUT2D eigenvalue weighted by Crippen LogP contribution is -2.11. The van der Waals surface area contributed by atoms with Gasteiger partial charge in [-0.2, -0.15) is 26.3 Å². The lowest BCUT2D eigenvalue weighted by Gasteiger charge is -2.14. The molecule has 0 saturated heterocycles. The molecule has 1 nitrogen and oxygen atoms in total. The summed E-state index contributed by atoms with van der Waals surface area (Å²) < 4.78 is 106. The van der Waals surface area contributed by atoms with E-state index in [0.29, 0.717) is 34.4 Å². The minimum Gasteiger partial charge on any atom is -0.238 e. The molecule has 0 aliphatic carbocycles. The van der Waals surface area contributed by atoms with Crippen LogP contribution >= 0.6 is 0 Å². The molecule has 0 saturated carbocycles. The number of halogens is 8. The van der Waals surface area contributed by atoms with Gasteiger partial charge in [0.1, 0.15) is 11.6 Å². The summed E-state index contributed by atoms with van der Waals surface area (Å²) in [5.74, 6) is -1.44. The van der Waals surface area contributed by atoms with Gasteiger partial charge in [-0.1, -0.05) is 48.5 Å². The summed E-state index contributed by atoms with van der Waals surface area (Å²) in [4.78, 5) is 3.47. The van der Waals surface area contributed by atoms with E-state index in [9.17, 15) is 35.1 Å². The topological polar surface area (TPSA) is 4.36 Å². The molecule has 0 fully saturated rings. The zero-order chi connectivity index (χ0) is 27.7. The van der Waals surface area contributed by atoms with Crippen molar-refractivity contribution in [2.75, 3.05) is 0 Å². The molecule has 192 valence electrons. The summed E-state index contributed by atoms with van der Waals surface area (Å²) in [6.45, 7) is 7.51. The number of rotatable bonds is 4. The molecule has 4 aromatic carbocycles. The Bertz CT molecular complexity index is 1490. The first-order chi connectivity index (χ1) is 17.8. The lowest BCUT2D eigenvalue weighted by atomic mass is 9.97. The second kappa shape index (κ2) is 10.1. The molecule has 0 aliphatic heterocycles. The highest BCUT2D eigenvalue weighted by Gasteiger charge is 2.37. The Labute approximate surface area is 212 Å². The van der Waals surface area contributed by atoms with Crippen molar-refractivity contribution in [3.8, 4) is 22.3 Å². The van der Waals surface area contributed by atoms with Gasteiger partial charge in [0, 0.05) is 6.07 Å². The van der Waals surface area contributed by atoms with Gasteiger partial charge in [-0.05, 0) is 69.8 Å². The molecule has 4 aromatic rings. The first-order valence-electron chi connectivity index (χ1n) is 10.9. The molecule has 0 unspecified atom stereocenters. The third kappa shape index (κ3) is 6.09. The van der Waals surface area contributed by atoms with Gasteiger partial charge in [0.25, 0.3) is 0 Å². The van der Waals surface area contributed by atoms with Crippen molar-refractivity contribution in [3.05, 3.63) is 130 Å². The summed E-state index contributed by atoms with van der Waals surface area (Å²) in [5, 5.41) is 0. The smallest absolute Gasteiger partial charge is 0.238 e. The predicted molar refractivity (Wildman–Crippen MR) is 128 cm³/mol. The highest BCUT2D eigenvalue weighted by Crippen LogP contribution is 2.39. The Morgan fingerprint density at radius 2 is 1.03 bits per heavy atom. The van der Waals surface area contributed by atoms with Crippen LogP contribution < -0.4 is 0 Å². The Morgan fingerprint density at radius 3 is 1.47 bits per heavy atom. The highest BCUT2D eigenvalue weighted by molar-refractivity contribution is 5.86. The molecule has 0 heterocycles. The minimum absolute atomic E-state index is 0.0632. The molecule has 0 atom stereocenters. The molecule has 0 amide bonds. The van der Waals surface area contributed by atoms with Crippen molar-refractivity contribution in [2.24, 2.45) is 0 Å². The van der Waals surface area contributed by atoms with Gasteiger partial charge in [-0.3, -0.25) is 0 Å². The van der Waals surface area contributed by atoms with Gasteiger partial charge >= 0.3 is 12.4 Å². The molecule has 0 aliphatic rings. The van der Waals surface area contributed by atoms with Crippen molar-refractivity contribution in [1.29, 1.82) is 0 Å². The second-order valence-electron chi connectivity index (χ2n) is 8.29. The fourth-order valence-corrected chi connectivity index (χ4v) is 3.79. The van der Waals surface area contributed by atoms with Gasteiger partial charge in [-0.25, -0.2) is 13.6 Å². The number of nitrogens with zero attached hydrogens (tertiary/aromatic N) is 1. The zero-order valence-corrected chi connectivity index (χ0v) is 19.1. The number of alkyl halides is 6. The molecule has 0 aromatic heterocycles. The van der Waals surface area contributed by atoms with Crippen molar-refractivity contribution in [1.82, 2.24) is 0 Å². The van der Waals surface area contributed by atoms with E-state index in [1.165, 1.54) is 42.5 Å². The number of hydrogen-bond acceptors (Lipinski definition) is 0. The van der Waals surface area contributed by atoms with E-state index in [0.717, 1.165) is 6.07 Å². The van der Waals surface area contributed by atoms with Crippen LogP contribution in [0.3, 0.4) is 0 Å². The zero-order valence-electron chi connectivity index (χ0n) is 19.1. The fourth-order valence-electron chi connectivity index (χ4n) is 3.79. The predicted octanol–water partition coefficient (Wildman–Crippen LogP) is 9.75. The van der Waals surface area contributed by atoms with E-state index in [-0.39, 0.29) is 22.9 Å². The van der Waals surface area contributed by atoms with E-state index in [1.54, 1.807) is 24.3 Å². The van der Waals surface area contributed by atoms with Crippen molar-refractivity contribution in [2.45, 2.75) is 12.4 Å². The monoisotopic (exact) mass is 529 g/mol. The van der Waals surface area contributed by atoms with Crippen LogP contribution in [0.25, 0.3) is 38.9 Å². The standard InChI is InChI=1S/C29H15F8N/c1-38-27(10-17-2-4-18(5-3-17)22-13-25(30)16-26(31)14-22)20-8-6-19(7-9-20)21-11-23(28(32,33)34)15-24(12-21)29(35,36)37/h2-16H/b27-10-. The molecule has 0 N–H and O–H groups in total. The molecule has 9 heteroatoms. The summed E-state index contributed by atoms with van der Waals surface area (Å²) in [5.41, 5.74) is -0.957. The van der Waals surface area contributed by atoms with Crippen LogP contribution in [0.5, 0.6) is 0 Å².